The van der Waals surface area contributed by atoms with E-state index in [1.807, 2.05) is 19.1 Å². The van der Waals surface area contributed by atoms with E-state index < -0.39 is 0 Å². The molecule has 0 unspecified atom stereocenters. The first-order valence-corrected chi connectivity index (χ1v) is 5.76. The number of benzene rings is 1. The van der Waals surface area contributed by atoms with Gasteiger partial charge in [0.25, 0.3) is 0 Å². The quantitative estimate of drug-likeness (QED) is 0.522. The zero-order valence-corrected chi connectivity index (χ0v) is 9.97. The minimum atomic E-state index is 0.296. The van der Waals surface area contributed by atoms with Crippen LogP contribution in [0.1, 0.15) is 54.1 Å². The maximum absolute atomic E-state index is 11.9. The van der Waals surface area contributed by atoms with Crippen LogP contribution in [0.5, 0.6) is 0 Å². The number of unbranched alkanes of at least 4 members (excludes halogenated alkanes) is 2. The van der Waals surface area contributed by atoms with Crippen LogP contribution in [0.3, 0.4) is 0 Å². The summed E-state index contributed by atoms with van der Waals surface area (Å²) < 4.78 is 0. The predicted molar refractivity (Wildman–Crippen MR) is 64.4 cm³/mol. The van der Waals surface area contributed by atoms with E-state index in [1.165, 1.54) is 12.0 Å². The highest BCUT2D eigenvalue weighted by atomic mass is 16.1. The molecule has 1 heteroatoms. The van der Waals surface area contributed by atoms with Crippen LogP contribution in [0.15, 0.2) is 18.2 Å². The van der Waals surface area contributed by atoms with Crippen LogP contribution in [0.4, 0.5) is 0 Å². The van der Waals surface area contributed by atoms with Crippen molar-refractivity contribution < 1.29 is 4.79 Å². The normalized spacial score (nSPS) is 10.3. The number of ketones is 1. The maximum Gasteiger partial charge on any atom is 0.163 e. The van der Waals surface area contributed by atoms with Crippen LogP contribution in [0, 0.1) is 13.8 Å². The van der Waals surface area contributed by atoms with Crippen molar-refractivity contribution in [3.63, 3.8) is 0 Å². The van der Waals surface area contributed by atoms with Crippen molar-refractivity contribution in [1.29, 1.82) is 0 Å². The van der Waals surface area contributed by atoms with E-state index in [2.05, 4.69) is 19.9 Å². The highest BCUT2D eigenvalue weighted by molar-refractivity contribution is 5.97. The minimum absolute atomic E-state index is 0.296. The zero-order valence-electron chi connectivity index (χ0n) is 9.97. The average molecular weight is 204 g/mol. The number of carbonyl (C=O) groups excluding carboxylic acids is 1. The second-order valence-electron chi connectivity index (χ2n) is 4.13. The maximum atomic E-state index is 11.9. The van der Waals surface area contributed by atoms with Crippen molar-refractivity contribution in [1.82, 2.24) is 0 Å². The van der Waals surface area contributed by atoms with Crippen LogP contribution in [0.2, 0.25) is 0 Å². The lowest BCUT2D eigenvalue weighted by Gasteiger charge is -2.07. The first-order valence-electron chi connectivity index (χ1n) is 5.76. The van der Waals surface area contributed by atoms with E-state index in [1.54, 1.807) is 0 Å². The van der Waals surface area contributed by atoms with Crippen molar-refractivity contribution in [2.75, 3.05) is 0 Å². The Morgan fingerprint density at radius 3 is 2.60 bits per heavy atom. The van der Waals surface area contributed by atoms with Crippen molar-refractivity contribution in [2.24, 2.45) is 0 Å². The summed E-state index contributed by atoms with van der Waals surface area (Å²) in [5.74, 6) is 0.296. The third-order valence-corrected chi connectivity index (χ3v) is 2.91. The Kier molecular flexibility index (Phi) is 4.54. The van der Waals surface area contributed by atoms with Crippen molar-refractivity contribution in [2.45, 2.75) is 46.5 Å². The fourth-order valence-corrected chi connectivity index (χ4v) is 1.72. The Labute approximate surface area is 92.5 Å². The number of carbonyl (C=O) groups is 1. The van der Waals surface area contributed by atoms with E-state index in [9.17, 15) is 4.79 Å². The number of hydrogen-bond acceptors (Lipinski definition) is 1. The molecule has 0 aliphatic heterocycles. The molecule has 82 valence electrons. The van der Waals surface area contributed by atoms with Crippen molar-refractivity contribution in [3.05, 3.63) is 34.9 Å². The summed E-state index contributed by atoms with van der Waals surface area (Å²) in [5, 5.41) is 0. The molecule has 0 bridgehead atoms. The topological polar surface area (TPSA) is 17.1 Å². The Hall–Kier alpha value is -1.11. The SMILES string of the molecule is CCCCCC(=O)c1cccc(C)c1C. The monoisotopic (exact) mass is 204 g/mol. The largest absolute Gasteiger partial charge is 0.294 e. The zero-order chi connectivity index (χ0) is 11.3. The molecule has 0 N–H and O–H groups in total. The van der Waals surface area contributed by atoms with Gasteiger partial charge in [-0.2, -0.15) is 0 Å². The highest BCUT2D eigenvalue weighted by Crippen LogP contribution is 2.15. The highest BCUT2D eigenvalue weighted by Gasteiger charge is 2.09. The van der Waals surface area contributed by atoms with E-state index in [-0.39, 0.29) is 0 Å². The van der Waals surface area contributed by atoms with Crippen LogP contribution in [0.25, 0.3) is 0 Å². The van der Waals surface area contributed by atoms with E-state index in [0.29, 0.717) is 12.2 Å². The number of Topliss-reactive ketones (excluding diaryl/α,β-unsaturated/α-hetero) is 1. The molecule has 0 aromatic heterocycles. The van der Waals surface area contributed by atoms with Gasteiger partial charge in [-0.25, -0.2) is 0 Å². The number of hydrogen-bond donors (Lipinski definition) is 0. The third-order valence-electron chi connectivity index (χ3n) is 2.91. The molecule has 0 spiro atoms. The Morgan fingerprint density at radius 1 is 1.20 bits per heavy atom. The molecular weight excluding hydrogens is 184 g/mol. The molecule has 1 nitrogen and oxygen atoms in total. The van der Waals surface area contributed by atoms with Gasteiger partial charge in [-0.05, 0) is 31.4 Å². The molecule has 0 aliphatic rings. The molecule has 0 aliphatic carbocycles. The second-order valence-corrected chi connectivity index (χ2v) is 4.13. The van der Waals surface area contributed by atoms with E-state index in [4.69, 9.17) is 0 Å². The summed E-state index contributed by atoms with van der Waals surface area (Å²) in [4.78, 5) is 11.9. The average Bonchev–Trinajstić information content (AvgIpc) is 2.22. The van der Waals surface area contributed by atoms with Gasteiger partial charge < -0.3 is 0 Å². The van der Waals surface area contributed by atoms with Crippen molar-refractivity contribution >= 4 is 5.78 Å². The molecule has 0 radical (unpaired) electrons. The van der Waals surface area contributed by atoms with Gasteiger partial charge in [0.05, 0.1) is 0 Å². The fraction of sp³-hybridized carbons (Fsp3) is 0.500. The summed E-state index contributed by atoms with van der Waals surface area (Å²) in [6, 6.07) is 5.96. The molecule has 0 heterocycles. The van der Waals surface area contributed by atoms with Crippen LogP contribution >= 0.6 is 0 Å². The summed E-state index contributed by atoms with van der Waals surface area (Å²) in [6.45, 7) is 6.24. The molecule has 0 amide bonds. The van der Waals surface area contributed by atoms with Gasteiger partial charge in [-0.15, -0.1) is 0 Å². The Balaban J connectivity index is 2.69. The lowest BCUT2D eigenvalue weighted by Crippen LogP contribution is -2.02. The van der Waals surface area contributed by atoms with Gasteiger partial charge >= 0.3 is 0 Å². The molecule has 0 saturated carbocycles. The Morgan fingerprint density at radius 2 is 1.93 bits per heavy atom. The van der Waals surface area contributed by atoms with Crippen LogP contribution in [-0.2, 0) is 0 Å². The first kappa shape index (κ1) is 12.0. The van der Waals surface area contributed by atoms with Gasteiger partial charge in [0, 0.05) is 12.0 Å². The smallest absolute Gasteiger partial charge is 0.163 e. The summed E-state index contributed by atoms with van der Waals surface area (Å²) in [7, 11) is 0. The van der Waals surface area contributed by atoms with Gasteiger partial charge in [-0.3, -0.25) is 4.79 Å². The standard InChI is InChI=1S/C14H20O/c1-4-5-6-10-14(15)13-9-7-8-11(2)12(13)3/h7-9H,4-6,10H2,1-3H3. The van der Waals surface area contributed by atoms with E-state index >= 15 is 0 Å². The lowest BCUT2D eigenvalue weighted by atomic mass is 9.97. The third kappa shape index (κ3) is 3.19. The van der Waals surface area contributed by atoms with Crippen LogP contribution in [-0.4, -0.2) is 5.78 Å². The Bertz CT molecular complexity index is 339. The minimum Gasteiger partial charge on any atom is -0.294 e. The van der Waals surface area contributed by atoms with Crippen LogP contribution < -0.4 is 0 Å². The number of rotatable bonds is 5. The molecule has 0 saturated heterocycles. The predicted octanol–water partition coefficient (Wildman–Crippen LogP) is 4.07. The molecule has 0 fully saturated rings. The summed E-state index contributed by atoms with van der Waals surface area (Å²) in [5.41, 5.74) is 3.25. The molecular formula is C14H20O. The summed E-state index contributed by atoms with van der Waals surface area (Å²) >= 11 is 0. The second kappa shape index (κ2) is 5.69. The van der Waals surface area contributed by atoms with Gasteiger partial charge in [0.15, 0.2) is 5.78 Å². The van der Waals surface area contributed by atoms with Gasteiger partial charge in [0.1, 0.15) is 0 Å². The molecule has 1 rings (SSSR count). The lowest BCUT2D eigenvalue weighted by molar-refractivity contribution is 0.0978. The molecule has 0 atom stereocenters. The van der Waals surface area contributed by atoms with Gasteiger partial charge in [-0.1, -0.05) is 38.0 Å². The van der Waals surface area contributed by atoms with Crippen molar-refractivity contribution in [3.8, 4) is 0 Å². The molecule has 15 heavy (non-hydrogen) atoms. The number of aryl methyl sites for hydroxylation is 1. The fourth-order valence-electron chi connectivity index (χ4n) is 1.72. The first-order chi connectivity index (χ1) is 7.16. The van der Waals surface area contributed by atoms with Gasteiger partial charge in [0.2, 0.25) is 0 Å². The van der Waals surface area contributed by atoms with E-state index in [0.717, 1.165) is 24.0 Å². The molecule has 1 aromatic rings. The molecule has 1 aromatic carbocycles. The summed E-state index contributed by atoms with van der Waals surface area (Å²) in [6.07, 6.45) is 4.03.